The van der Waals surface area contributed by atoms with E-state index in [0.717, 1.165) is 19.5 Å². The van der Waals surface area contributed by atoms with Crippen LogP contribution in [0.25, 0.3) is 0 Å². The van der Waals surface area contributed by atoms with Gasteiger partial charge in [0, 0.05) is 30.7 Å². The number of ether oxygens (including phenoxy) is 1. The quantitative estimate of drug-likeness (QED) is 0.750. The molecule has 148 valence electrons. The van der Waals surface area contributed by atoms with E-state index in [1.807, 2.05) is 0 Å². The molecule has 0 spiro atoms. The number of fused-ring (bicyclic) bond motifs is 1. The SMILES string of the molecule is CC(=O)c1cccc(OCC(=O)NCC(C)(C)N2CCc3ccccc3C2)c1. The molecule has 0 saturated carbocycles. The summed E-state index contributed by atoms with van der Waals surface area (Å²) in [5.41, 5.74) is 3.20. The van der Waals surface area contributed by atoms with E-state index in [4.69, 9.17) is 4.74 Å². The van der Waals surface area contributed by atoms with Crippen LogP contribution in [-0.2, 0) is 17.8 Å². The summed E-state index contributed by atoms with van der Waals surface area (Å²) < 4.78 is 5.54. The van der Waals surface area contributed by atoms with Crippen molar-refractivity contribution in [1.29, 1.82) is 0 Å². The molecule has 28 heavy (non-hydrogen) atoms. The van der Waals surface area contributed by atoms with Crippen LogP contribution in [0.3, 0.4) is 0 Å². The molecular weight excluding hydrogens is 352 g/mol. The van der Waals surface area contributed by atoms with Gasteiger partial charge in [-0.1, -0.05) is 36.4 Å². The molecule has 5 nitrogen and oxygen atoms in total. The number of nitrogens with zero attached hydrogens (tertiary/aromatic N) is 1. The normalized spacial score (nSPS) is 14.2. The Hall–Kier alpha value is -2.66. The number of carbonyl (C=O) groups is 2. The average Bonchev–Trinajstić information content (AvgIpc) is 2.70. The number of rotatable bonds is 7. The third-order valence-electron chi connectivity index (χ3n) is 5.32. The molecule has 1 amide bonds. The van der Waals surface area contributed by atoms with Crippen LogP contribution in [0.5, 0.6) is 5.75 Å². The van der Waals surface area contributed by atoms with Crippen molar-refractivity contribution in [1.82, 2.24) is 10.2 Å². The Kier molecular flexibility index (Phi) is 6.15. The molecule has 3 rings (SSSR count). The third-order valence-corrected chi connectivity index (χ3v) is 5.32. The van der Waals surface area contributed by atoms with Crippen LogP contribution in [0, 0.1) is 0 Å². The highest BCUT2D eigenvalue weighted by Crippen LogP contribution is 2.25. The average molecular weight is 380 g/mol. The lowest BCUT2D eigenvalue weighted by Crippen LogP contribution is -2.53. The van der Waals surface area contributed by atoms with Crippen molar-refractivity contribution in [2.24, 2.45) is 0 Å². The Labute approximate surface area is 166 Å². The standard InChI is InChI=1S/C23H28N2O3/c1-17(26)19-9-6-10-21(13-19)28-15-22(27)24-16-23(2,3)25-12-11-18-7-4-5-8-20(18)14-25/h4-10,13H,11-12,14-16H2,1-3H3,(H,24,27). The molecule has 0 fully saturated rings. The van der Waals surface area contributed by atoms with Crippen LogP contribution < -0.4 is 10.1 Å². The topological polar surface area (TPSA) is 58.6 Å². The number of nitrogens with one attached hydrogen (secondary N) is 1. The maximum atomic E-state index is 12.2. The summed E-state index contributed by atoms with van der Waals surface area (Å²) in [5, 5.41) is 2.98. The highest BCUT2D eigenvalue weighted by Gasteiger charge is 2.30. The summed E-state index contributed by atoms with van der Waals surface area (Å²) in [4.78, 5) is 26.1. The zero-order valence-corrected chi connectivity index (χ0v) is 16.8. The van der Waals surface area contributed by atoms with Gasteiger partial charge in [-0.3, -0.25) is 14.5 Å². The van der Waals surface area contributed by atoms with E-state index < -0.39 is 0 Å². The molecule has 0 aromatic heterocycles. The molecule has 1 N–H and O–H groups in total. The predicted molar refractivity (Wildman–Crippen MR) is 110 cm³/mol. The molecular formula is C23H28N2O3. The van der Waals surface area contributed by atoms with E-state index in [2.05, 4.69) is 48.3 Å². The first-order chi connectivity index (χ1) is 13.3. The Balaban J connectivity index is 1.50. The van der Waals surface area contributed by atoms with Crippen molar-refractivity contribution >= 4 is 11.7 Å². The van der Waals surface area contributed by atoms with E-state index in [0.29, 0.717) is 17.9 Å². The molecule has 0 bridgehead atoms. The highest BCUT2D eigenvalue weighted by atomic mass is 16.5. The number of amides is 1. The van der Waals surface area contributed by atoms with Crippen LogP contribution in [0.4, 0.5) is 0 Å². The maximum Gasteiger partial charge on any atom is 0.258 e. The van der Waals surface area contributed by atoms with Gasteiger partial charge in [0.25, 0.3) is 5.91 Å². The van der Waals surface area contributed by atoms with Crippen molar-refractivity contribution in [2.45, 2.75) is 39.3 Å². The van der Waals surface area contributed by atoms with Crippen molar-refractivity contribution in [3.05, 3.63) is 65.2 Å². The molecule has 0 radical (unpaired) electrons. The van der Waals surface area contributed by atoms with E-state index in [1.165, 1.54) is 18.1 Å². The molecule has 0 aliphatic carbocycles. The smallest absolute Gasteiger partial charge is 0.258 e. The van der Waals surface area contributed by atoms with Gasteiger partial charge in [0.15, 0.2) is 12.4 Å². The first-order valence-electron chi connectivity index (χ1n) is 9.67. The predicted octanol–water partition coefficient (Wildman–Crippen LogP) is 3.22. The Morgan fingerprint density at radius 3 is 2.61 bits per heavy atom. The van der Waals surface area contributed by atoms with E-state index in [-0.39, 0.29) is 23.8 Å². The first kappa shape index (κ1) is 20.1. The van der Waals surface area contributed by atoms with Crippen LogP contribution in [-0.4, -0.2) is 41.8 Å². The molecule has 0 unspecified atom stereocenters. The van der Waals surface area contributed by atoms with Gasteiger partial charge in [-0.05, 0) is 50.5 Å². The molecule has 0 atom stereocenters. The number of ketones is 1. The van der Waals surface area contributed by atoms with Gasteiger partial charge >= 0.3 is 0 Å². The minimum atomic E-state index is -0.168. The molecule has 2 aromatic carbocycles. The second kappa shape index (κ2) is 8.57. The summed E-state index contributed by atoms with van der Waals surface area (Å²) in [6.45, 7) is 8.16. The second-order valence-corrected chi connectivity index (χ2v) is 7.90. The van der Waals surface area contributed by atoms with Gasteiger partial charge < -0.3 is 10.1 Å². The lowest BCUT2D eigenvalue weighted by atomic mass is 9.94. The number of carbonyl (C=O) groups excluding carboxylic acids is 2. The van der Waals surface area contributed by atoms with Gasteiger partial charge in [0.05, 0.1) is 0 Å². The number of Topliss-reactive ketones (excluding diaryl/α,β-unsaturated/α-hetero) is 1. The van der Waals surface area contributed by atoms with E-state index >= 15 is 0 Å². The summed E-state index contributed by atoms with van der Waals surface area (Å²) in [7, 11) is 0. The Morgan fingerprint density at radius 1 is 1.11 bits per heavy atom. The summed E-state index contributed by atoms with van der Waals surface area (Å²) in [6, 6.07) is 15.4. The van der Waals surface area contributed by atoms with E-state index in [9.17, 15) is 9.59 Å². The number of hydrogen-bond acceptors (Lipinski definition) is 4. The summed E-state index contributed by atoms with van der Waals surface area (Å²) in [5.74, 6) is 0.327. The van der Waals surface area contributed by atoms with Crippen molar-refractivity contribution in [3.8, 4) is 5.75 Å². The molecule has 2 aromatic rings. The van der Waals surface area contributed by atoms with Crippen molar-refractivity contribution in [3.63, 3.8) is 0 Å². The van der Waals surface area contributed by atoms with Gasteiger partial charge in [0.2, 0.25) is 0 Å². The van der Waals surface area contributed by atoms with Gasteiger partial charge in [-0.15, -0.1) is 0 Å². The Bertz CT molecular complexity index is 860. The van der Waals surface area contributed by atoms with Gasteiger partial charge in [0.1, 0.15) is 5.75 Å². The van der Waals surface area contributed by atoms with Gasteiger partial charge in [-0.25, -0.2) is 0 Å². The fourth-order valence-corrected chi connectivity index (χ4v) is 3.44. The minimum absolute atomic E-state index is 0.0280. The monoisotopic (exact) mass is 380 g/mol. The van der Waals surface area contributed by atoms with Gasteiger partial charge in [-0.2, -0.15) is 0 Å². The van der Waals surface area contributed by atoms with Crippen molar-refractivity contribution < 1.29 is 14.3 Å². The molecule has 1 heterocycles. The Morgan fingerprint density at radius 2 is 1.86 bits per heavy atom. The lowest BCUT2D eigenvalue weighted by Gasteiger charge is -2.41. The number of hydrogen-bond donors (Lipinski definition) is 1. The van der Waals surface area contributed by atoms with Crippen LogP contribution in [0.1, 0.15) is 42.3 Å². The fraction of sp³-hybridized carbons (Fsp3) is 0.391. The van der Waals surface area contributed by atoms with Crippen molar-refractivity contribution in [2.75, 3.05) is 19.7 Å². The minimum Gasteiger partial charge on any atom is -0.484 e. The first-order valence-corrected chi connectivity index (χ1v) is 9.67. The summed E-state index contributed by atoms with van der Waals surface area (Å²) in [6.07, 6.45) is 1.03. The fourth-order valence-electron chi connectivity index (χ4n) is 3.44. The van der Waals surface area contributed by atoms with Crippen LogP contribution in [0.2, 0.25) is 0 Å². The van der Waals surface area contributed by atoms with Crippen LogP contribution in [0.15, 0.2) is 48.5 Å². The number of benzene rings is 2. The zero-order valence-electron chi connectivity index (χ0n) is 16.8. The van der Waals surface area contributed by atoms with Crippen LogP contribution >= 0.6 is 0 Å². The molecule has 1 aliphatic heterocycles. The molecule has 1 aliphatic rings. The van der Waals surface area contributed by atoms with E-state index in [1.54, 1.807) is 24.3 Å². The maximum absolute atomic E-state index is 12.2. The molecule has 0 saturated heterocycles. The largest absolute Gasteiger partial charge is 0.484 e. The molecule has 5 heteroatoms. The third kappa shape index (κ3) is 4.98. The lowest BCUT2D eigenvalue weighted by molar-refractivity contribution is -0.123. The summed E-state index contributed by atoms with van der Waals surface area (Å²) >= 11 is 0. The second-order valence-electron chi connectivity index (χ2n) is 7.90. The zero-order chi connectivity index (χ0) is 20.1. The highest BCUT2D eigenvalue weighted by molar-refractivity contribution is 5.94.